The van der Waals surface area contributed by atoms with E-state index in [2.05, 4.69) is 66.6 Å². The third-order valence-corrected chi connectivity index (χ3v) is 4.92. The van der Waals surface area contributed by atoms with Gasteiger partial charge in [0.25, 0.3) is 5.82 Å². The Balaban J connectivity index is 2.05. The quantitative estimate of drug-likeness (QED) is 0.701. The monoisotopic (exact) mass is 246 g/mol. The Kier molecular flexibility index (Phi) is 2.63. The Morgan fingerprint density at radius 1 is 1.33 bits per heavy atom. The van der Waals surface area contributed by atoms with Gasteiger partial charge in [0.15, 0.2) is 0 Å². The molecule has 4 atom stereocenters. The summed E-state index contributed by atoms with van der Waals surface area (Å²) in [7, 11) is 2.15. The molecule has 3 nitrogen and oxygen atoms in total. The second-order valence-electron chi connectivity index (χ2n) is 6.21. The van der Waals surface area contributed by atoms with E-state index in [1.165, 1.54) is 25.2 Å². The number of aromatic nitrogens is 1. The molecule has 4 heterocycles. The van der Waals surface area contributed by atoms with Crippen molar-refractivity contribution < 1.29 is 4.57 Å². The van der Waals surface area contributed by atoms with Crippen molar-refractivity contribution in [2.24, 2.45) is 7.05 Å². The van der Waals surface area contributed by atoms with Crippen LogP contribution < -0.4 is 9.47 Å². The number of fused-ring (bicyclic) bond motifs is 3. The van der Waals surface area contributed by atoms with E-state index in [0.29, 0.717) is 17.7 Å². The van der Waals surface area contributed by atoms with Crippen LogP contribution in [0.25, 0.3) is 0 Å². The summed E-state index contributed by atoms with van der Waals surface area (Å²) in [6.45, 7) is 8.39. The van der Waals surface area contributed by atoms with Crippen molar-refractivity contribution in [1.29, 1.82) is 0 Å². The van der Waals surface area contributed by atoms with Crippen LogP contribution in [0.5, 0.6) is 0 Å². The Bertz CT molecular complexity index is 459. The lowest BCUT2D eigenvalue weighted by atomic mass is 9.79. The van der Waals surface area contributed by atoms with Gasteiger partial charge in [-0.1, -0.05) is 6.07 Å². The lowest BCUT2D eigenvalue weighted by Gasteiger charge is -2.57. The van der Waals surface area contributed by atoms with Crippen LogP contribution >= 0.6 is 0 Å². The van der Waals surface area contributed by atoms with E-state index in [9.17, 15) is 0 Å². The zero-order valence-electron chi connectivity index (χ0n) is 11.9. The highest BCUT2D eigenvalue weighted by Gasteiger charge is 2.54. The van der Waals surface area contributed by atoms with Gasteiger partial charge < -0.3 is 0 Å². The summed E-state index contributed by atoms with van der Waals surface area (Å²) in [5.41, 5.74) is 0.312. The highest BCUT2D eigenvalue weighted by atomic mass is 15.5. The molecule has 4 unspecified atom stereocenters. The van der Waals surface area contributed by atoms with Crippen molar-refractivity contribution in [2.75, 3.05) is 11.4 Å². The van der Waals surface area contributed by atoms with E-state index in [1.807, 2.05) is 0 Å². The highest BCUT2D eigenvalue weighted by molar-refractivity contribution is 5.41. The predicted molar refractivity (Wildman–Crippen MR) is 73.4 cm³/mol. The first-order valence-corrected chi connectivity index (χ1v) is 7.03. The maximum absolute atomic E-state index is 2.64. The molecule has 3 fully saturated rings. The van der Waals surface area contributed by atoms with Crippen LogP contribution in [-0.4, -0.2) is 29.2 Å². The molecule has 0 radical (unpaired) electrons. The minimum Gasteiger partial charge on any atom is -0.262 e. The molecule has 3 aliphatic heterocycles. The van der Waals surface area contributed by atoms with Gasteiger partial charge in [0, 0.05) is 31.5 Å². The molecular weight excluding hydrogens is 222 g/mol. The molecule has 2 bridgehead atoms. The molecule has 0 saturated carbocycles. The fourth-order valence-electron chi connectivity index (χ4n) is 4.05. The van der Waals surface area contributed by atoms with E-state index in [-0.39, 0.29) is 0 Å². The van der Waals surface area contributed by atoms with Crippen LogP contribution in [0.4, 0.5) is 5.82 Å². The van der Waals surface area contributed by atoms with Gasteiger partial charge in [-0.3, -0.25) is 4.90 Å². The average molecular weight is 246 g/mol. The van der Waals surface area contributed by atoms with E-state index in [0.717, 1.165) is 0 Å². The zero-order valence-corrected chi connectivity index (χ0v) is 11.9. The molecule has 3 aliphatic rings. The molecule has 0 amide bonds. The average Bonchev–Trinajstić information content (AvgIpc) is 2.30. The third-order valence-electron chi connectivity index (χ3n) is 4.92. The second-order valence-corrected chi connectivity index (χ2v) is 6.21. The second kappa shape index (κ2) is 3.95. The van der Waals surface area contributed by atoms with Crippen molar-refractivity contribution in [3.05, 3.63) is 24.4 Å². The molecule has 18 heavy (non-hydrogen) atoms. The molecule has 0 aromatic carbocycles. The molecule has 0 spiro atoms. The van der Waals surface area contributed by atoms with Crippen molar-refractivity contribution in [2.45, 2.75) is 51.4 Å². The molecule has 0 aliphatic carbocycles. The fourth-order valence-corrected chi connectivity index (χ4v) is 4.05. The molecule has 98 valence electrons. The fraction of sp³-hybridized carbons (Fsp3) is 0.667. The Morgan fingerprint density at radius 2 is 2.11 bits per heavy atom. The van der Waals surface area contributed by atoms with Gasteiger partial charge in [-0.25, -0.2) is 9.47 Å². The van der Waals surface area contributed by atoms with Crippen LogP contribution in [0.15, 0.2) is 24.4 Å². The van der Waals surface area contributed by atoms with E-state index in [1.54, 1.807) is 0 Å². The number of pyridine rings is 1. The standard InChI is InChI=1S/C15H24N3/c1-12-11-15(3)8-10-17(12)13(2)18(15)14-7-5-6-9-16(14)4/h5-7,9,12-13H,8,10-11H2,1-4H3/q+1. The maximum Gasteiger partial charge on any atom is 0.277 e. The molecule has 0 N–H and O–H groups in total. The first-order valence-electron chi connectivity index (χ1n) is 7.03. The Hall–Kier alpha value is -1.09. The van der Waals surface area contributed by atoms with Gasteiger partial charge >= 0.3 is 0 Å². The van der Waals surface area contributed by atoms with E-state index < -0.39 is 0 Å². The maximum atomic E-state index is 2.64. The molecule has 3 saturated heterocycles. The Morgan fingerprint density at radius 3 is 2.72 bits per heavy atom. The smallest absolute Gasteiger partial charge is 0.262 e. The van der Waals surface area contributed by atoms with E-state index in [4.69, 9.17) is 0 Å². The number of hydrogen-bond donors (Lipinski definition) is 0. The summed E-state index contributed by atoms with van der Waals surface area (Å²) < 4.78 is 2.24. The largest absolute Gasteiger partial charge is 0.277 e. The lowest BCUT2D eigenvalue weighted by Crippen LogP contribution is -2.72. The summed E-state index contributed by atoms with van der Waals surface area (Å²) in [5.74, 6) is 1.34. The van der Waals surface area contributed by atoms with Crippen LogP contribution in [0.2, 0.25) is 0 Å². The van der Waals surface area contributed by atoms with Gasteiger partial charge in [-0.2, -0.15) is 0 Å². The first kappa shape index (κ1) is 12.0. The van der Waals surface area contributed by atoms with Gasteiger partial charge in [-0.05, 0) is 26.8 Å². The summed E-state index contributed by atoms with van der Waals surface area (Å²) in [6.07, 6.45) is 5.19. The summed E-state index contributed by atoms with van der Waals surface area (Å²) in [6, 6.07) is 7.20. The summed E-state index contributed by atoms with van der Waals surface area (Å²) in [4.78, 5) is 5.26. The van der Waals surface area contributed by atoms with Crippen molar-refractivity contribution >= 4 is 5.82 Å². The number of piperidine rings is 1. The number of hydrogen-bond acceptors (Lipinski definition) is 2. The van der Waals surface area contributed by atoms with Gasteiger partial charge in [0.05, 0.1) is 13.2 Å². The van der Waals surface area contributed by atoms with Crippen LogP contribution in [0, 0.1) is 0 Å². The molecular formula is C15H24N3+. The summed E-state index contributed by atoms with van der Waals surface area (Å²) >= 11 is 0. The minimum absolute atomic E-state index is 0.312. The van der Waals surface area contributed by atoms with Crippen molar-refractivity contribution in [3.8, 4) is 0 Å². The molecule has 4 rings (SSSR count). The number of aryl methyl sites for hydroxylation is 1. The molecule has 1 aromatic heterocycles. The van der Waals surface area contributed by atoms with E-state index >= 15 is 0 Å². The number of nitrogens with zero attached hydrogens (tertiary/aromatic N) is 3. The molecule has 3 heteroatoms. The number of anilines is 1. The molecule has 1 aromatic rings. The zero-order chi connectivity index (χ0) is 12.9. The van der Waals surface area contributed by atoms with Crippen molar-refractivity contribution in [1.82, 2.24) is 4.90 Å². The SMILES string of the molecule is CC1CC2(C)CCN1C(C)N2c1cccc[n+]1C. The first-order chi connectivity index (χ1) is 8.53. The van der Waals surface area contributed by atoms with Gasteiger partial charge in [0.2, 0.25) is 0 Å². The van der Waals surface area contributed by atoms with Crippen LogP contribution in [0.1, 0.15) is 33.6 Å². The normalized spacial score (nSPS) is 39.1. The Labute approximate surface area is 110 Å². The minimum atomic E-state index is 0.312. The highest BCUT2D eigenvalue weighted by Crippen LogP contribution is 2.42. The predicted octanol–water partition coefficient (Wildman–Crippen LogP) is 1.92. The topological polar surface area (TPSA) is 10.4 Å². The third kappa shape index (κ3) is 1.57. The van der Waals surface area contributed by atoms with Gasteiger partial charge in [0.1, 0.15) is 11.7 Å². The summed E-state index contributed by atoms with van der Waals surface area (Å²) in [5, 5.41) is 0. The lowest BCUT2D eigenvalue weighted by molar-refractivity contribution is -0.659. The van der Waals surface area contributed by atoms with Crippen LogP contribution in [0.3, 0.4) is 0 Å². The van der Waals surface area contributed by atoms with Gasteiger partial charge in [-0.15, -0.1) is 0 Å². The van der Waals surface area contributed by atoms with Crippen molar-refractivity contribution in [3.63, 3.8) is 0 Å². The number of rotatable bonds is 1. The van der Waals surface area contributed by atoms with Crippen LogP contribution in [-0.2, 0) is 7.05 Å².